The summed E-state index contributed by atoms with van der Waals surface area (Å²) in [5.41, 5.74) is 3.33. The summed E-state index contributed by atoms with van der Waals surface area (Å²) < 4.78 is 5.54. The number of fused-ring (bicyclic) bond motifs is 1. The van der Waals surface area contributed by atoms with Gasteiger partial charge < -0.3 is 10.1 Å². The molecule has 1 N–H and O–H groups in total. The van der Waals surface area contributed by atoms with Crippen LogP contribution < -0.4 is 10.2 Å². The number of nitrogens with zero attached hydrogens (tertiary/aromatic N) is 1. The van der Waals surface area contributed by atoms with Crippen LogP contribution in [0.25, 0.3) is 0 Å². The highest BCUT2D eigenvalue weighted by Gasteiger charge is 2.31. The molecule has 1 aromatic rings. The number of carbonyl (C=O) groups is 1. The van der Waals surface area contributed by atoms with Gasteiger partial charge in [-0.05, 0) is 69.7 Å². The number of piperidine rings is 1. The molecule has 1 atom stereocenters. The second kappa shape index (κ2) is 5.92. The minimum Gasteiger partial charge on any atom is -0.443 e. The first-order chi connectivity index (χ1) is 10.5. The first-order valence-corrected chi connectivity index (χ1v) is 8.29. The molecule has 2 heterocycles. The third-order valence-electron chi connectivity index (χ3n) is 4.41. The lowest BCUT2D eigenvalue weighted by molar-refractivity contribution is 0.0584. The molecule has 1 saturated heterocycles. The van der Waals surface area contributed by atoms with E-state index in [-0.39, 0.29) is 6.09 Å². The molecule has 22 heavy (non-hydrogen) atoms. The molecule has 0 aromatic heterocycles. The minimum atomic E-state index is -0.454. The van der Waals surface area contributed by atoms with Gasteiger partial charge in [-0.25, -0.2) is 4.79 Å². The predicted octanol–water partition coefficient (Wildman–Crippen LogP) is 3.45. The third-order valence-corrected chi connectivity index (χ3v) is 4.41. The topological polar surface area (TPSA) is 41.6 Å². The van der Waals surface area contributed by atoms with Crippen molar-refractivity contribution in [2.24, 2.45) is 0 Å². The average molecular weight is 302 g/mol. The molecular formula is C18H26N2O2. The van der Waals surface area contributed by atoms with Gasteiger partial charge >= 0.3 is 6.09 Å². The van der Waals surface area contributed by atoms with Crippen LogP contribution in [-0.2, 0) is 11.2 Å². The zero-order chi connectivity index (χ0) is 15.7. The fourth-order valence-corrected chi connectivity index (χ4v) is 3.47. The number of ether oxygens (including phenoxy) is 1. The molecule has 0 spiro atoms. The largest absolute Gasteiger partial charge is 0.443 e. The lowest BCUT2D eigenvalue weighted by Crippen LogP contribution is -2.35. The Bertz CT molecular complexity index is 557. The number of nitrogens with one attached hydrogen (secondary N) is 1. The molecule has 1 aromatic carbocycles. The molecule has 2 aliphatic heterocycles. The molecule has 1 unspecified atom stereocenters. The Morgan fingerprint density at radius 3 is 2.86 bits per heavy atom. The smallest absolute Gasteiger partial charge is 0.414 e. The second-order valence-electron chi connectivity index (χ2n) is 7.27. The Kier molecular flexibility index (Phi) is 4.13. The van der Waals surface area contributed by atoms with Crippen molar-refractivity contribution in [3.05, 3.63) is 29.3 Å². The lowest BCUT2D eigenvalue weighted by atomic mass is 9.87. The van der Waals surface area contributed by atoms with E-state index in [2.05, 4.69) is 17.4 Å². The maximum absolute atomic E-state index is 12.4. The Hall–Kier alpha value is -1.55. The van der Waals surface area contributed by atoms with Crippen LogP contribution in [0, 0.1) is 0 Å². The number of benzene rings is 1. The summed E-state index contributed by atoms with van der Waals surface area (Å²) in [6, 6.07) is 6.35. The fourth-order valence-electron chi connectivity index (χ4n) is 3.47. The number of anilines is 1. The molecule has 0 bridgehead atoms. The highest BCUT2D eigenvalue weighted by Crippen LogP contribution is 2.36. The number of hydrogen-bond acceptors (Lipinski definition) is 3. The first kappa shape index (κ1) is 15.3. The summed E-state index contributed by atoms with van der Waals surface area (Å²) in [5.74, 6) is 0.572. The molecule has 3 rings (SSSR count). The second-order valence-corrected chi connectivity index (χ2v) is 7.27. The van der Waals surface area contributed by atoms with Gasteiger partial charge in [0.15, 0.2) is 0 Å². The van der Waals surface area contributed by atoms with E-state index in [1.165, 1.54) is 24.0 Å². The molecule has 4 heteroatoms. The van der Waals surface area contributed by atoms with E-state index in [0.717, 1.165) is 31.7 Å². The van der Waals surface area contributed by atoms with Crippen LogP contribution in [0.1, 0.15) is 50.7 Å². The highest BCUT2D eigenvalue weighted by atomic mass is 16.6. The fraction of sp³-hybridized carbons (Fsp3) is 0.611. The van der Waals surface area contributed by atoms with Crippen molar-refractivity contribution in [3.63, 3.8) is 0 Å². The number of carbonyl (C=O) groups excluding carboxylic acids is 1. The molecule has 2 aliphatic rings. The van der Waals surface area contributed by atoms with E-state index in [9.17, 15) is 4.79 Å². The number of amides is 1. The molecule has 1 amide bonds. The monoisotopic (exact) mass is 302 g/mol. The molecule has 0 aliphatic carbocycles. The Morgan fingerprint density at radius 2 is 2.18 bits per heavy atom. The van der Waals surface area contributed by atoms with Crippen molar-refractivity contribution in [3.8, 4) is 0 Å². The van der Waals surface area contributed by atoms with Crippen molar-refractivity contribution < 1.29 is 9.53 Å². The van der Waals surface area contributed by atoms with E-state index in [1.807, 2.05) is 26.8 Å². The summed E-state index contributed by atoms with van der Waals surface area (Å²) in [7, 11) is 0. The maximum atomic E-state index is 12.4. The summed E-state index contributed by atoms with van der Waals surface area (Å²) in [5, 5.41) is 3.48. The SMILES string of the molecule is CC(C)(C)OC(=O)N1CCc2c(C3CCCNC3)cccc21. The van der Waals surface area contributed by atoms with Gasteiger partial charge in [-0.15, -0.1) is 0 Å². The van der Waals surface area contributed by atoms with Gasteiger partial charge in [-0.2, -0.15) is 0 Å². The van der Waals surface area contributed by atoms with Gasteiger partial charge in [0.05, 0.1) is 5.69 Å². The molecule has 120 valence electrons. The van der Waals surface area contributed by atoms with Crippen molar-refractivity contribution >= 4 is 11.8 Å². The highest BCUT2D eigenvalue weighted by molar-refractivity contribution is 5.91. The van der Waals surface area contributed by atoms with Crippen molar-refractivity contribution in [2.45, 2.75) is 51.6 Å². The standard InChI is InChI=1S/C18H26N2O2/c1-18(2,3)22-17(21)20-11-9-15-14(7-4-8-16(15)20)13-6-5-10-19-12-13/h4,7-8,13,19H,5-6,9-12H2,1-3H3. The summed E-state index contributed by atoms with van der Waals surface area (Å²) in [6.07, 6.45) is 3.16. The summed E-state index contributed by atoms with van der Waals surface area (Å²) in [4.78, 5) is 14.2. The summed E-state index contributed by atoms with van der Waals surface area (Å²) >= 11 is 0. The predicted molar refractivity (Wildman–Crippen MR) is 88.6 cm³/mol. The Morgan fingerprint density at radius 1 is 1.36 bits per heavy atom. The van der Waals surface area contributed by atoms with E-state index < -0.39 is 5.60 Å². The van der Waals surface area contributed by atoms with E-state index in [0.29, 0.717) is 5.92 Å². The van der Waals surface area contributed by atoms with Gasteiger partial charge in [0.1, 0.15) is 5.60 Å². The molecular weight excluding hydrogens is 276 g/mol. The van der Waals surface area contributed by atoms with Crippen LogP contribution in [0.4, 0.5) is 10.5 Å². The van der Waals surface area contributed by atoms with Crippen LogP contribution in [0.3, 0.4) is 0 Å². The van der Waals surface area contributed by atoms with Gasteiger partial charge in [0, 0.05) is 13.1 Å². The van der Waals surface area contributed by atoms with Crippen LogP contribution >= 0.6 is 0 Å². The molecule has 0 radical (unpaired) electrons. The Balaban J connectivity index is 1.84. The molecule has 4 nitrogen and oxygen atoms in total. The molecule has 1 fully saturated rings. The normalized spacial score (nSPS) is 21.6. The van der Waals surface area contributed by atoms with Crippen LogP contribution in [0.15, 0.2) is 18.2 Å². The van der Waals surface area contributed by atoms with Crippen molar-refractivity contribution in [2.75, 3.05) is 24.5 Å². The van der Waals surface area contributed by atoms with Gasteiger partial charge in [-0.3, -0.25) is 4.90 Å². The zero-order valence-electron chi connectivity index (χ0n) is 13.8. The number of hydrogen-bond donors (Lipinski definition) is 1. The quantitative estimate of drug-likeness (QED) is 0.864. The first-order valence-electron chi connectivity index (χ1n) is 8.29. The maximum Gasteiger partial charge on any atom is 0.414 e. The van der Waals surface area contributed by atoms with Crippen LogP contribution in [-0.4, -0.2) is 31.3 Å². The van der Waals surface area contributed by atoms with E-state index in [4.69, 9.17) is 4.74 Å². The van der Waals surface area contributed by atoms with E-state index in [1.54, 1.807) is 4.90 Å². The Labute approximate surface area is 132 Å². The lowest BCUT2D eigenvalue weighted by Gasteiger charge is -2.26. The third kappa shape index (κ3) is 3.12. The van der Waals surface area contributed by atoms with Gasteiger partial charge in [0.2, 0.25) is 0 Å². The van der Waals surface area contributed by atoms with Crippen LogP contribution in [0.2, 0.25) is 0 Å². The van der Waals surface area contributed by atoms with Gasteiger partial charge in [0.25, 0.3) is 0 Å². The summed E-state index contributed by atoms with van der Waals surface area (Å²) in [6.45, 7) is 8.61. The molecule has 0 saturated carbocycles. The van der Waals surface area contributed by atoms with Crippen molar-refractivity contribution in [1.82, 2.24) is 5.32 Å². The van der Waals surface area contributed by atoms with E-state index >= 15 is 0 Å². The van der Waals surface area contributed by atoms with Crippen LogP contribution in [0.5, 0.6) is 0 Å². The zero-order valence-corrected chi connectivity index (χ0v) is 13.8. The van der Waals surface area contributed by atoms with Crippen molar-refractivity contribution in [1.29, 1.82) is 0 Å². The van der Waals surface area contributed by atoms with Gasteiger partial charge in [-0.1, -0.05) is 12.1 Å². The number of rotatable bonds is 1. The average Bonchev–Trinajstić information content (AvgIpc) is 2.90. The minimum absolute atomic E-state index is 0.231.